The van der Waals surface area contributed by atoms with E-state index in [1.54, 1.807) is 12.6 Å². The topological polar surface area (TPSA) is 33.2 Å². The van der Waals surface area contributed by atoms with Crippen molar-refractivity contribution in [3.8, 4) is 0 Å². The predicted molar refractivity (Wildman–Crippen MR) is 85.5 cm³/mol. The van der Waals surface area contributed by atoms with Gasteiger partial charge in [0.1, 0.15) is 4.88 Å². The third-order valence-electron chi connectivity index (χ3n) is 4.28. The van der Waals surface area contributed by atoms with Crippen LogP contribution >= 0.6 is 11.3 Å². The van der Waals surface area contributed by atoms with Gasteiger partial charge in [-0.25, -0.2) is 13.8 Å². The zero-order valence-corrected chi connectivity index (χ0v) is 13.7. The van der Waals surface area contributed by atoms with E-state index in [0.29, 0.717) is 16.4 Å². The monoisotopic (exact) mass is 336 g/mol. The summed E-state index contributed by atoms with van der Waals surface area (Å²) in [5.74, 6) is -1.52. The van der Waals surface area contributed by atoms with Crippen LogP contribution in [0.3, 0.4) is 0 Å². The van der Waals surface area contributed by atoms with Gasteiger partial charge in [0, 0.05) is 19.5 Å². The third kappa shape index (κ3) is 3.42. The second-order valence-electron chi connectivity index (χ2n) is 5.96. The quantitative estimate of drug-likeness (QED) is 0.831. The molecule has 1 fully saturated rings. The molecule has 1 aliphatic carbocycles. The van der Waals surface area contributed by atoms with Gasteiger partial charge in [0.05, 0.1) is 11.2 Å². The van der Waals surface area contributed by atoms with E-state index in [4.69, 9.17) is 0 Å². The van der Waals surface area contributed by atoms with E-state index in [-0.39, 0.29) is 12.5 Å². The van der Waals surface area contributed by atoms with Crippen molar-refractivity contribution < 1.29 is 13.6 Å². The van der Waals surface area contributed by atoms with Crippen LogP contribution in [0.4, 0.5) is 8.78 Å². The summed E-state index contributed by atoms with van der Waals surface area (Å²) in [6.07, 6.45) is 4.52. The van der Waals surface area contributed by atoms with Crippen molar-refractivity contribution in [3.63, 3.8) is 0 Å². The summed E-state index contributed by atoms with van der Waals surface area (Å²) < 4.78 is 26.3. The van der Waals surface area contributed by atoms with Crippen molar-refractivity contribution in [1.29, 1.82) is 0 Å². The predicted octanol–water partition coefficient (Wildman–Crippen LogP) is 4.35. The Morgan fingerprint density at radius 1 is 1.30 bits per heavy atom. The van der Waals surface area contributed by atoms with E-state index >= 15 is 0 Å². The van der Waals surface area contributed by atoms with Crippen molar-refractivity contribution in [3.05, 3.63) is 51.5 Å². The molecule has 1 aromatic carbocycles. The van der Waals surface area contributed by atoms with E-state index in [1.165, 1.54) is 35.1 Å². The van der Waals surface area contributed by atoms with Gasteiger partial charge >= 0.3 is 0 Å². The van der Waals surface area contributed by atoms with Crippen molar-refractivity contribution in [2.45, 2.75) is 38.1 Å². The van der Waals surface area contributed by atoms with Gasteiger partial charge in [-0.3, -0.25) is 4.79 Å². The number of carbonyl (C=O) groups excluding carboxylic acids is 1. The first-order valence-electron chi connectivity index (χ1n) is 7.69. The third-order valence-corrected chi connectivity index (χ3v) is 5.11. The molecule has 23 heavy (non-hydrogen) atoms. The molecular formula is C17H18F2N2OS. The Hall–Kier alpha value is -1.82. The molecule has 0 saturated heterocycles. The highest BCUT2D eigenvalue weighted by molar-refractivity contribution is 7.11. The van der Waals surface area contributed by atoms with Gasteiger partial charge in [-0.1, -0.05) is 18.9 Å². The molecule has 1 amide bonds. The lowest BCUT2D eigenvalue weighted by Gasteiger charge is -2.18. The van der Waals surface area contributed by atoms with Crippen LogP contribution in [0.15, 0.2) is 23.7 Å². The highest BCUT2D eigenvalue weighted by Gasteiger charge is 2.26. The number of hydrogen-bond acceptors (Lipinski definition) is 3. The average Bonchev–Trinajstić information content (AvgIpc) is 3.20. The van der Waals surface area contributed by atoms with Crippen LogP contribution in [0.2, 0.25) is 0 Å². The molecule has 1 heterocycles. The van der Waals surface area contributed by atoms with Gasteiger partial charge < -0.3 is 4.90 Å². The normalized spacial score (nSPS) is 15.1. The largest absolute Gasteiger partial charge is 0.337 e. The average molecular weight is 336 g/mol. The van der Waals surface area contributed by atoms with Crippen molar-refractivity contribution in [2.75, 3.05) is 7.05 Å². The minimum Gasteiger partial charge on any atom is -0.337 e. The Bertz CT molecular complexity index is 710. The number of aromatic nitrogens is 1. The summed E-state index contributed by atoms with van der Waals surface area (Å²) in [4.78, 5) is 19.3. The Morgan fingerprint density at radius 2 is 2.04 bits per heavy atom. The number of hydrogen-bond donors (Lipinski definition) is 0. The number of amides is 1. The second kappa shape index (κ2) is 6.74. The summed E-state index contributed by atoms with van der Waals surface area (Å²) in [7, 11) is 1.67. The summed E-state index contributed by atoms with van der Waals surface area (Å²) in [5.41, 5.74) is 3.17. The summed E-state index contributed by atoms with van der Waals surface area (Å²) in [5, 5.41) is 0. The highest BCUT2D eigenvalue weighted by Crippen LogP contribution is 2.36. The number of benzene rings is 1. The fourth-order valence-corrected chi connectivity index (χ4v) is 3.93. The Labute approximate surface area is 138 Å². The second-order valence-corrected chi connectivity index (χ2v) is 6.81. The minimum absolute atomic E-state index is 0.112. The molecule has 0 atom stereocenters. The first-order chi connectivity index (χ1) is 11.1. The van der Waals surface area contributed by atoms with Gasteiger partial charge in [0.2, 0.25) is 0 Å². The molecule has 3 rings (SSSR count). The fourth-order valence-electron chi connectivity index (χ4n) is 3.06. The molecule has 1 aromatic heterocycles. The fraction of sp³-hybridized carbons (Fsp3) is 0.412. The maximum atomic E-state index is 13.3. The molecule has 0 radical (unpaired) electrons. The van der Waals surface area contributed by atoms with E-state index in [1.807, 2.05) is 0 Å². The lowest BCUT2D eigenvalue weighted by Crippen LogP contribution is -2.26. The lowest BCUT2D eigenvalue weighted by atomic mass is 10.0. The molecule has 3 nitrogen and oxygen atoms in total. The molecule has 122 valence electrons. The summed E-state index contributed by atoms with van der Waals surface area (Å²) >= 11 is 1.35. The van der Waals surface area contributed by atoms with Crippen molar-refractivity contribution >= 4 is 17.2 Å². The van der Waals surface area contributed by atoms with E-state index in [0.717, 1.165) is 30.7 Å². The number of nitrogens with zero attached hydrogens (tertiary/aromatic N) is 2. The number of rotatable bonds is 4. The Kier molecular flexibility index (Phi) is 4.71. The standard InChI is InChI=1S/C17H18F2N2OS/c1-21(9-11-6-7-13(18)14(19)8-11)17(22)16-15(20-10-23-16)12-4-2-3-5-12/h6-8,10,12H,2-5,9H2,1H3. The molecule has 1 saturated carbocycles. The van der Waals surface area contributed by atoms with Crippen LogP contribution < -0.4 is 0 Å². The van der Waals surface area contributed by atoms with E-state index in [2.05, 4.69) is 4.98 Å². The minimum atomic E-state index is -0.896. The molecule has 0 N–H and O–H groups in total. The van der Waals surface area contributed by atoms with Crippen LogP contribution in [0.1, 0.15) is 52.5 Å². The number of thiazole rings is 1. The van der Waals surface area contributed by atoms with Crippen molar-refractivity contribution in [1.82, 2.24) is 9.88 Å². The summed E-state index contributed by atoms with van der Waals surface area (Å²) in [6, 6.07) is 3.70. The first kappa shape index (κ1) is 16.1. The van der Waals surface area contributed by atoms with Gasteiger partial charge in [-0.15, -0.1) is 11.3 Å². The molecule has 1 aliphatic rings. The number of carbonyl (C=O) groups is 1. The first-order valence-corrected chi connectivity index (χ1v) is 8.57. The highest BCUT2D eigenvalue weighted by atomic mass is 32.1. The SMILES string of the molecule is CN(Cc1ccc(F)c(F)c1)C(=O)c1scnc1C1CCCC1. The zero-order valence-electron chi connectivity index (χ0n) is 12.9. The maximum Gasteiger partial charge on any atom is 0.265 e. The van der Waals surface area contributed by atoms with E-state index < -0.39 is 11.6 Å². The van der Waals surface area contributed by atoms with Gasteiger partial charge in [-0.2, -0.15) is 0 Å². The number of halogens is 2. The Morgan fingerprint density at radius 3 is 2.74 bits per heavy atom. The zero-order chi connectivity index (χ0) is 16.4. The maximum absolute atomic E-state index is 13.3. The lowest BCUT2D eigenvalue weighted by molar-refractivity contribution is 0.0788. The molecule has 0 unspecified atom stereocenters. The van der Waals surface area contributed by atoms with Crippen molar-refractivity contribution in [2.24, 2.45) is 0 Å². The van der Waals surface area contributed by atoms with Crippen LogP contribution in [0.25, 0.3) is 0 Å². The molecule has 6 heteroatoms. The Balaban J connectivity index is 1.74. The van der Waals surface area contributed by atoms with Crippen LogP contribution in [0, 0.1) is 11.6 Å². The van der Waals surface area contributed by atoms with Gasteiger partial charge in [0.25, 0.3) is 5.91 Å². The molecular weight excluding hydrogens is 318 g/mol. The van der Waals surface area contributed by atoms with E-state index in [9.17, 15) is 13.6 Å². The van der Waals surface area contributed by atoms with Crippen LogP contribution in [0.5, 0.6) is 0 Å². The van der Waals surface area contributed by atoms with Gasteiger partial charge in [0.15, 0.2) is 11.6 Å². The molecule has 2 aromatic rings. The van der Waals surface area contributed by atoms with Crippen LogP contribution in [-0.2, 0) is 6.54 Å². The molecule has 0 bridgehead atoms. The molecule has 0 aliphatic heterocycles. The molecule has 0 spiro atoms. The van der Waals surface area contributed by atoms with Gasteiger partial charge in [-0.05, 0) is 30.5 Å². The van der Waals surface area contributed by atoms with Crippen LogP contribution in [-0.4, -0.2) is 22.8 Å². The smallest absolute Gasteiger partial charge is 0.265 e. The summed E-state index contributed by atoms with van der Waals surface area (Å²) in [6.45, 7) is 0.234.